The Balaban J connectivity index is 1.29. The molecular formula is C22H21N5O3. The number of para-hydroxylation sites is 2. The van der Waals surface area contributed by atoms with Gasteiger partial charge in [0.25, 0.3) is 5.91 Å². The van der Waals surface area contributed by atoms with Crippen LogP contribution in [0.15, 0.2) is 51.4 Å². The summed E-state index contributed by atoms with van der Waals surface area (Å²) in [6, 6.07) is 11.2. The molecule has 5 rings (SSSR count). The third-order valence-electron chi connectivity index (χ3n) is 5.69. The molecule has 4 aromatic rings. The fraction of sp³-hybridized carbons (Fsp3) is 0.318. The van der Waals surface area contributed by atoms with Gasteiger partial charge in [0.15, 0.2) is 5.58 Å². The molecule has 30 heavy (non-hydrogen) atoms. The first kappa shape index (κ1) is 18.5. The molecule has 1 amide bonds. The van der Waals surface area contributed by atoms with Crippen LogP contribution in [0, 0.1) is 6.92 Å². The number of hydrogen-bond donors (Lipinski definition) is 0. The minimum Gasteiger partial charge on any atom is -0.436 e. The van der Waals surface area contributed by atoms with Gasteiger partial charge in [-0.05, 0) is 43.5 Å². The molecule has 1 aromatic carbocycles. The molecule has 0 bridgehead atoms. The molecule has 0 radical (unpaired) electrons. The molecule has 8 nitrogen and oxygen atoms in total. The predicted octanol–water partition coefficient (Wildman–Crippen LogP) is 3.99. The average molecular weight is 403 g/mol. The van der Waals surface area contributed by atoms with Gasteiger partial charge in [0.1, 0.15) is 11.2 Å². The second-order valence-corrected chi connectivity index (χ2v) is 7.66. The summed E-state index contributed by atoms with van der Waals surface area (Å²) in [6.45, 7) is 1.79. The van der Waals surface area contributed by atoms with E-state index in [9.17, 15) is 4.79 Å². The maximum Gasteiger partial charge on any atom is 0.272 e. The number of pyridine rings is 1. The van der Waals surface area contributed by atoms with Gasteiger partial charge in [0, 0.05) is 32.1 Å². The van der Waals surface area contributed by atoms with Crippen LogP contribution < -0.4 is 0 Å². The Morgan fingerprint density at radius 1 is 1.10 bits per heavy atom. The van der Waals surface area contributed by atoms with Crippen molar-refractivity contribution in [2.24, 2.45) is 0 Å². The molecule has 0 saturated heterocycles. The summed E-state index contributed by atoms with van der Waals surface area (Å²) < 4.78 is 11.3. The molecule has 1 fully saturated rings. The minimum atomic E-state index is -0.105. The minimum absolute atomic E-state index is 0.105. The number of amides is 1. The number of aromatic nitrogens is 4. The van der Waals surface area contributed by atoms with Crippen molar-refractivity contribution in [3.8, 4) is 11.5 Å². The van der Waals surface area contributed by atoms with E-state index in [4.69, 9.17) is 8.83 Å². The van der Waals surface area contributed by atoms with E-state index in [-0.39, 0.29) is 17.9 Å². The Bertz CT molecular complexity index is 1160. The topological polar surface area (TPSA) is 98.2 Å². The SMILES string of the molecule is Cc1nnc(C2CCC(N(C)C(=O)c3ccc(-c4nc5ccccc5o4)cn3)C2)o1. The average Bonchev–Trinajstić information content (AvgIpc) is 3.51. The van der Waals surface area contributed by atoms with Gasteiger partial charge in [-0.3, -0.25) is 9.78 Å². The summed E-state index contributed by atoms with van der Waals surface area (Å²) in [7, 11) is 1.82. The first-order valence-corrected chi connectivity index (χ1v) is 9.97. The van der Waals surface area contributed by atoms with E-state index in [2.05, 4.69) is 20.2 Å². The molecule has 2 atom stereocenters. The Hall–Kier alpha value is -3.55. The van der Waals surface area contributed by atoms with E-state index in [0.717, 1.165) is 35.9 Å². The highest BCUT2D eigenvalue weighted by Gasteiger charge is 2.34. The Labute approximate surface area is 172 Å². The van der Waals surface area contributed by atoms with Crippen LogP contribution in [0.3, 0.4) is 0 Å². The van der Waals surface area contributed by atoms with E-state index in [1.807, 2.05) is 37.4 Å². The van der Waals surface area contributed by atoms with Crippen molar-refractivity contribution in [1.82, 2.24) is 25.1 Å². The number of rotatable bonds is 4. The lowest BCUT2D eigenvalue weighted by Crippen LogP contribution is -2.35. The van der Waals surface area contributed by atoms with Crippen LogP contribution in [-0.2, 0) is 0 Å². The second kappa shape index (κ2) is 7.37. The first-order chi connectivity index (χ1) is 14.6. The van der Waals surface area contributed by atoms with Gasteiger partial charge in [-0.1, -0.05) is 12.1 Å². The van der Waals surface area contributed by atoms with Crippen LogP contribution in [0.1, 0.15) is 47.5 Å². The predicted molar refractivity (Wildman–Crippen MR) is 109 cm³/mol. The summed E-state index contributed by atoms with van der Waals surface area (Å²) in [5, 5.41) is 8.04. The van der Waals surface area contributed by atoms with E-state index in [1.54, 1.807) is 24.1 Å². The normalized spacial score (nSPS) is 18.7. The molecule has 3 heterocycles. The quantitative estimate of drug-likeness (QED) is 0.508. The van der Waals surface area contributed by atoms with E-state index >= 15 is 0 Å². The van der Waals surface area contributed by atoms with Crippen LogP contribution in [-0.4, -0.2) is 44.1 Å². The molecule has 1 saturated carbocycles. The number of aryl methyl sites for hydroxylation is 1. The van der Waals surface area contributed by atoms with Crippen molar-refractivity contribution < 1.29 is 13.6 Å². The molecule has 152 valence electrons. The third kappa shape index (κ3) is 3.34. The fourth-order valence-electron chi connectivity index (χ4n) is 4.00. The number of hydrogen-bond acceptors (Lipinski definition) is 7. The van der Waals surface area contributed by atoms with E-state index in [0.29, 0.717) is 23.4 Å². The van der Waals surface area contributed by atoms with Gasteiger partial charge >= 0.3 is 0 Å². The summed E-state index contributed by atoms with van der Waals surface area (Å²) in [4.78, 5) is 23.5. The molecule has 3 aromatic heterocycles. The van der Waals surface area contributed by atoms with E-state index in [1.165, 1.54) is 0 Å². The monoisotopic (exact) mass is 403 g/mol. The van der Waals surface area contributed by atoms with Crippen LogP contribution in [0.4, 0.5) is 0 Å². The zero-order chi connectivity index (χ0) is 20.7. The number of nitrogens with zero attached hydrogens (tertiary/aromatic N) is 5. The van der Waals surface area contributed by atoms with Crippen molar-refractivity contribution >= 4 is 17.0 Å². The molecule has 0 N–H and O–H groups in total. The highest BCUT2D eigenvalue weighted by Crippen LogP contribution is 2.36. The Morgan fingerprint density at radius 3 is 2.70 bits per heavy atom. The summed E-state index contributed by atoms with van der Waals surface area (Å²) in [6.07, 6.45) is 4.26. The van der Waals surface area contributed by atoms with Crippen LogP contribution in [0.5, 0.6) is 0 Å². The van der Waals surface area contributed by atoms with Gasteiger partial charge in [-0.15, -0.1) is 10.2 Å². The molecule has 1 aliphatic carbocycles. The molecule has 8 heteroatoms. The standard InChI is InChI=1S/C22H21N5O3/c1-13-25-26-21(29-13)14-7-9-16(11-14)27(2)22(28)18-10-8-15(12-23-18)20-24-17-5-3-4-6-19(17)30-20/h3-6,8,10,12,14,16H,7,9,11H2,1-2H3. The number of fused-ring (bicyclic) bond motifs is 1. The zero-order valence-corrected chi connectivity index (χ0v) is 16.8. The molecule has 0 aliphatic heterocycles. The number of carbonyl (C=O) groups excluding carboxylic acids is 1. The Morgan fingerprint density at radius 2 is 1.97 bits per heavy atom. The van der Waals surface area contributed by atoms with Crippen LogP contribution in [0.25, 0.3) is 22.6 Å². The van der Waals surface area contributed by atoms with Crippen molar-refractivity contribution in [2.75, 3.05) is 7.05 Å². The number of oxazole rings is 1. The van der Waals surface area contributed by atoms with Gasteiger partial charge in [-0.25, -0.2) is 4.98 Å². The summed E-state index contributed by atoms with van der Waals surface area (Å²) in [5.41, 5.74) is 2.65. The molecule has 2 unspecified atom stereocenters. The van der Waals surface area contributed by atoms with Crippen molar-refractivity contribution in [1.29, 1.82) is 0 Å². The van der Waals surface area contributed by atoms with Gasteiger partial charge in [0.2, 0.25) is 17.7 Å². The van der Waals surface area contributed by atoms with Crippen LogP contribution >= 0.6 is 0 Å². The number of carbonyl (C=O) groups is 1. The smallest absolute Gasteiger partial charge is 0.272 e. The largest absolute Gasteiger partial charge is 0.436 e. The summed E-state index contributed by atoms with van der Waals surface area (Å²) in [5.74, 6) is 1.81. The first-order valence-electron chi connectivity index (χ1n) is 9.97. The summed E-state index contributed by atoms with van der Waals surface area (Å²) >= 11 is 0. The van der Waals surface area contributed by atoms with Gasteiger partial charge in [0.05, 0.1) is 5.56 Å². The lowest BCUT2D eigenvalue weighted by atomic mass is 10.1. The van der Waals surface area contributed by atoms with Crippen molar-refractivity contribution in [3.05, 3.63) is 60.1 Å². The maximum atomic E-state index is 12.9. The van der Waals surface area contributed by atoms with Crippen molar-refractivity contribution in [3.63, 3.8) is 0 Å². The molecule has 1 aliphatic rings. The lowest BCUT2D eigenvalue weighted by molar-refractivity contribution is 0.0727. The van der Waals surface area contributed by atoms with Crippen molar-refractivity contribution in [2.45, 2.75) is 38.1 Å². The van der Waals surface area contributed by atoms with E-state index < -0.39 is 0 Å². The maximum absolute atomic E-state index is 12.9. The number of benzene rings is 1. The highest BCUT2D eigenvalue weighted by atomic mass is 16.4. The fourth-order valence-corrected chi connectivity index (χ4v) is 4.00. The Kier molecular flexibility index (Phi) is 4.54. The third-order valence-corrected chi connectivity index (χ3v) is 5.69. The van der Waals surface area contributed by atoms with Gasteiger partial charge in [-0.2, -0.15) is 0 Å². The van der Waals surface area contributed by atoms with Crippen LogP contribution in [0.2, 0.25) is 0 Å². The molecule has 0 spiro atoms. The zero-order valence-electron chi connectivity index (χ0n) is 16.8. The molecular weight excluding hydrogens is 382 g/mol. The highest BCUT2D eigenvalue weighted by molar-refractivity contribution is 5.92. The lowest BCUT2D eigenvalue weighted by Gasteiger charge is -2.24. The van der Waals surface area contributed by atoms with Gasteiger partial charge < -0.3 is 13.7 Å². The second-order valence-electron chi connectivity index (χ2n) is 7.66.